The molecule has 0 N–H and O–H groups in total. The zero-order valence-electron chi connectivity index (χ0n) is 23.7. The molecule has 0 aromatic carbocycles. The van der Waals surface area contributed by atoms with Crippen LogP contribution in [0.15, 0.2) is 11.6 Å². The van der Waals surface area contributed by atoms with Gasteiger partial charge in [-0.15, -0.1) is 0 Å². The number of esters is 1. The van der Waals surface area contributed by atoms with E-state index in [1.165, 1.54) is 51.4 Å². The fourth-order valence-electron chi connectivity index (χ4n) is 11.6. The van der Waals surface area contributed by atoms with E-state index in [4.69, 9.17) is 4.74 Å². The third kappa shape index (κ3) is 3.01. The molecule has 0 amide bonds. The number of allylic oxidation sites excluding steroid dienone is 2. The number of hydrogen-bond donors (Lipinski definition) is 0. The van der Waals surface area contributed by atoms with Gasteiger partial charge in [-0.05, 0) is 109 Å². The highest BCUT2D eigenvalue weighted by Crippen LogP contribution is 2.76. The highest BCUT2D eigenvalue weighted by molar-refractivity contribution is 5.66. The van der Waals surface area contributed by atoms with Crippen LogP contribution >= 0.6 is 0 Å². The van der Waals surface area contributed by atoms with E-state index < -0.39 is 0 Å². The normalized spacial score (nSPS) is 51.6. The first kappa shape index (κ1) is 24.9. The molecular weight excluding hydrogens is 416 g/mol. The third-order valence-corrected chi connectivity index (χ3v) is 13.5. The summed E-state index contributed by atoms with van der Waals surface area (Å²) in [5, 5.41) is 0. The number of carbonyl (C=O) groups is 1. The minimum atomic E-state index is -0.114. The molecular formula is C32H52O2. The maximum Gasteiger partial charge on any atom is 0.302 e. The molecule has 0 saturated heterocycles. The van der Waals surface area contributed by atoms with Crippen molar-refractivity contribution in [1.29, 1.82) is 0 Å². The van der Waals surface area contributed by atoms with Gasteiger partial charge in [0.05, 0.1) is 0 Å². The van der Waals surface area contributed by atoms with Crippen LogP contribution in [-0.4, -0.2) is 12.1 Å². The molecule has 4 fully saturated rings. The van der Waals surface area contributed by atoms with Crippen LogP contribution in [0.3, 0.4) is 0 Å². The van der Waals surface area contributed by atoms with E-state index in [-0.39, 0.29) is 22.9 Å². The van der Waals surface area contributed by atoms with Crippen LogP contribution in [0.2, 0.25) is 0 Å². The van der Waals surface area contributed by atoms with Gasteiger partial charge in [-0.1, -0.05) is 67.0 Å². The second-order valence-corrected chi connectivity index (χ2v) is 15.2. The minimum Gasteiger partial charge on any atom is -0.462 e. The topological polar surface area (TPSA) is 26.3 Å². The van der Waals surface area contributed by atoms with Gasteiger partial charge >= 0.3 is 5.97 Å². The van der Waals surface area contributed by atoms with Gasteiger partial charge in [-0.25, -0.2) is 0 Å². The predicted octanol–water partition coefficient (Wildman–Crippen LogP) is 8.60. The van der Waals surface area contributed by atoms with Gasteiger partial charge < -0.3 is 4.74 Å². The Hall–Kier alpha value is -0.790. The first-order valence-electron chi connectivity index (χ1n) is 14.6. The first-order valence-corrected chi connectivity index (χ1v) is 14.6. The summed E-state index contributed by atoms with van der Waals surface area (Å²) in [6.07, 6.45) is 14.6. The Kier molecular flexibility index (Phi) is 5.57. The third-order valence-electron chi connectivity index (χ3n) is 13.5. The summed E-state index contributed by atoms with van der Waals surface area (Å²) < 4.78 is 5.89. The van der Waals surface area contributed by atoms with Crippen LogP contribution in [0, 0.1) is 56.7 Å². The number of hydrogen-bond acceptors (Lipinski definition) is 2. The van der Waals surface area contributed by atoms with Crippen molar-refractivity contribution in [2.75, 3.05) is 0 Å². The molecule has 2 nitrogen and oxygen atoms in total. The van der Waals surface area contributed by atoms with Crippen LogP contribution in [0.5, 0.6) is 0 Å². The zero-order chi connectivity index (χ0) is 24.9. The van der Waals surface area contributed by atoms with Crippen molar-refractivity contribution in [3.63, 3.8) is 0 Å². The molecule has 0 aromatic rings. The Morgan fingerprint density at radius 2 is 1.56 bits per heavy atom. The molecule has 5 aliphatic rings. The lowest BCUT2D eigenvalue weighted by atomic mass is 9.35. The lowest BCUT2D eigenvalue weighted by Gasteiger charge is -2.69. The molecule has 0 bridgehead atoms. The summed E-state index contributed by atoms with van der Waals surface area (Å²) >= 11 is 0. The van der Waals surface area contributed by atoms with Gasteiger partial charge in [-0.3, -0.25) is 4.79 Å². The first-order chi connectivity index (χ1) is 15.7. The largest absolute Gasteiger partial charge is 0.462 e. The van der Waals surface area contributed by atoms with E-state index in [1.54, 1.807) is 12.5 Å². The summed E-state index contributed by atoms with van der Waals surface area (Å²) in [6, 6.07) is 0. The van der Waals surface area contributed by atoms with E-state index in [0.29, 0.717) is 22.2 Å². The summed E-state index contributed by atoms with van der Waals surface area (Å²) in [5.74, 6) is 3.79. The molecule has 0 aliphatic heterocycles. The Bertz CT molecular complexity index is 883. The highest BCUT2D eigenvalue weighted by Gasteiger charge is 2.68. The van der Waals surface area contributed by atoms with E-state index >= 15 is 0 Å². The Labute approximate surface area is 210 Å². The average Bonchev–Trinajstić information content (AvgIpc) is 3.10. The Morgan fingerprint density at radius 1 is 0.882 bits per heavy atom. The predicted molar refractivity (Wildman–Crippen MR) is 140 cm³/mol. The molecule has 34 heavy (non-hydrogen) atoms. The SMILES string of the molecule is CC(=O)O[C@H]1CC[C@]2(C)C3=CC[C@@]4(C)[C@@H]5CC[C@@H](C(C)C)[C@@]5(C)CC[C@]4(C)[C@H]3CC[C@H]2C1(C)C. The fourth-order valence-corrected chi connectivity index (χ4v) is 11.6. The Balaban J connectivity index is 1.51. The maximum atomic E-state index is 11.9. The molecule has 9 atom stereocenters. The molecule has 0 aromatic heterocycles. The second kappa shape index (κ2) is 7.61. The number of carbonyl (C=O) groups excluding carboxylic acids is 1. The van der Waals surface area contributed by atoms with Crippen molar-refractivity contribution in [3.05, 3.63) is 11.6 Å². The van der Waals surface area contributed by atoms with E-state index in [9.17, 15) is 4.79 Å². The van der Waals surface area contributed by atoms with Gasteiger partial charge in [-0.2, -0.15) is 0 Å². The molecule has 192 valence electrons. The summed E-state index contributed by atoms with van der Waals surface area (Å²) in [5.41, 5.74) is 3.46. The van der Waals surface area contributed by atoms with Gasteiger partial charge in [0.1, 0.15) is 6.10 Å². The number of fused-ring (bicyclic) bond motifs is 7. The minimum absolute atomic E-state index is 0.0349. The van der Waals surface area contributed by atoms with Crippen molar-refractivity contribution >= 4 is 5.97 Å². The van der Waals surface area contributed by atoms with Crippen LogP contribution < -0.4 is 0 Å². The van der Waals surface area contributed by atoms with Crippen LogP contribution in [0.4, 0.5) is 0 Å². The molecule has 5 rings (SSSR count). The van der Waals surface area contributed by atoms with Gasteiger partial charge in [0.2, 0.25) is 0 Å². The lowest BCUT2D eigenvalue weighted by Crippen LogP contribution is -2.62. The zero-order valence-corrected chi connectivity index (χ0v) is 23.7. The molecule has 0 heterocycles. The van der Waals surface area contributed by atoms with Gasteiger partial charge in [0, 0.05) is 12.3 Å². The van der Waals surface area contributed by atoms with Gasteiger partial charge in [0.25, 0.3) is 0 Å². The molecule has 5 aliphatic carbocycles. The quantitative estimate of drug-likeness (QED) is 0.299. The summed E-state index contributed by atoms with van der Waals surface area (Å²) in [6.45, 7) is 22.0. The lowest BCUT2D eigenvalue weighted by molar-refractivity contribution is -0.179. The molecule has 0 unspecified atom stereocenters. The average molecular weight is 469 g/mol. The van der Waals surface area contributed by atoms with Crippen molar-refractivity contribution in [1.82, 2.24) is 0 Å². The van der Waals surface area contributed by atoms with Crippen LogP contribution in [-0.2, 0) is 9.53 Å². The highest BCUT2D eigenvalue weighted by atomic mass is 16.5. The number of rotatable bonds is 2. The summed E-state index contributed by atoms with van der Waals surface area (Å²) in [7, 11) is 0. The Morgan fingerprint density at radius 3 is 2.21 bits per heavy atom. The molecule has 4 saturated carbocycles. The second-order valence-electron chi connectivity index (χ2n) is 15.2. The fraction of sp³-hybridized carbons (Fsp3) is 0.906. The van der Waals surface area contributed by atoms with E-state index in [2.05, 4.69) is 61.5 Å². The monoisotopic (exact) mass is 468 g/mol. The molecule has 2 heteroatoms. The standard InChI is InChI=1S/C32H52O2/c1-20(2)22-10-13-26-30(22,7)18-19-31(8)24-11-12-25-28(4,5)27(34-21(3)33)15-16-29(25,6)23(24)14-17-32(26,31)9/h14,20,22,24-27H,10-13,15-19H2,1-9H3/t22-,24-,25-,26+,27-,29+,30+,31+,32-/m0/s1. The van der Waals surface area contributed by atoms with Crippen molar-refractivity contribution in [2.24, 2.45) is 56.7 Å². The maximum absolute atomic E-state index is 11.9. The van der Waals surface area contributed by atoms with Crippen molar-refractivity contribution in [3.8, 4) is 0 Å². The van der Waals surface area contributed by atoms with E-state index in [0.717, 1.165) is 30.1 Å². The van der Waals surface area contributed by atoms with Crippen molar-refractivity contribution in [2.45, 2.75) is 126 Å². The van der Waals surface area contributed by atoms with E-state index in [1.807, 2.05) is 0 Å². The van der Waals surface area contributed by atoms with Gasteiger partial charge in [0.15, 0.2) is 0 Å². The number of ether oxygens (including phenoxy) is 1. The summed E-state index contributed by atoms with van der Waals surface area (Å²) in [4.78, 5) is 11.9. The van der Waals surface area contributed by atoms with Crippen LogP contribution in [0.1, 0.15) is 120 Å². The van der Waals surface area contributed by atoms with Crippen molar-refractivity contribution < 1.29 is 9.53 Å². The molecule has 0 radical (unpaired) electrons. The molecule has 0 spiro atoms. The van der Waals surface area contributed by atoms with Crippen LogP contribution in [0.25, 0.3) is 0 Å². The smallest absolute Gasteiger partial charge is 0.302 e.